The number of nitrogens with zero attached hydrogens (tertiary/aromatic N) is 1. The van der Waals surface area contributed by atoms with Crippen molar-refractivity contribution in [1.82, 2.24) is 4.31 Å². The molecule has 21 heavy (non-hydrogen) atoms. The number of hydrogen-bond donors (Lipinski definition) is 1. The van der Waals surface area contributed by atoms with Crippen molar-refractivity contribution in [3.05, 3.63) is 22.7 Å². The molecule has 1 N–H and O–H groups in total. The van der Waals surface area contributed by atoms with Gasteiger partial charge in [-0.25, -0.2) is 8.42 Å². The van der Waals surface area contributed by atoms with Crippen LogP contribution in [0.1, 0.15) is 26.3 Å². The van der Waals surface area contributed by atoms with Gasteiger partial charge in [-0.15, -0.1) is 0 Å². The molecule has 0 aliphatic heterocycles. The van der Waals surface area contributed by atoms with Crippen molar-refractivity contribution in [2.75, 3.05) is 20.2 Å². The Balaban J connectivity index is 3.45. The molecule has 0 aromatic heterocycles. The Morgan fingerprint density at radius 2 is 2.00 bits per heavy atom. The molecule has 0 aliphatic rings. The summed E-state index contributed by atoms with van der Waals surface area (Å²) < 4.78 is 32.2. The lowest BCUT2D eigenvalue weighted by molar-refractivity contribution is 0.272. The van der Waals surface area contributed by atoms with E-state index in [1.165, 1.54) is 23.5 Å². The molecule has 120 valence electrons. The fourth-order valence-corrected chi connectivity index (χ4v) is 4.25. The quantitative estimate of drug-likeness (QED) is 0.831. The lowest BCUT2D eigenvalue weighted by Gasteiger charge is -2.24. The third-order valence-corrected chi connectivity index (χ3v) is 5.17. The van der Waals surface area contributed by atoms with Crippen LogP contribution in [0.2, 0.25) is 5.02 Å². The van der Waals surface area contributed by atoms with Crippen LogP contribution in [0.5, 0.6) is 5.75 Å². The van der Waals surface area contributed by atoms with Gasteiger partial charge in [-0.1, -0.05) is 32.4 Å². The Hall–Kier alpha value is -0.820. The van der Waals surface area contributed by atoms with Crippen molar-refractivity contribution in [2.45, 2.75) is 32.3 Å². The van der Waals surface area contributed by atoms with E-state index in [9.17, 15) is 13.5 Å². The van der Waals surface area contributed by atoms with Gasteiger partial charge in [0.1, 0.15) is 10.6 Å². The molecule has 0 heterocycles. The molecular weight excluding hydrogens is 314 g/mol. The van der Waals surface area contributed by atoms with Crippen LogP contribution in [0, 0.1) is 5.92 Å². The molecule has 0 bridgehead atoms. The predicted octanol–water partition coefficient (Wildman–Crippen LogP) is 2.51. The Bertz CT molecular complexity index is 587. The molecule has 0 spiro atoms. The third kappa shape index (κ3) is 4.10. The topological polar surface area (TPSA) is 66.8 Å². The van der Waals surface area contributed by atoms with E-state index in [1.807, 2.05) is 13.8 Å². The van der Waals surface area contributed by atoms with Gasteiger partial charge in [0.25, 0.3) is 0 Å². The molecule has 1 rings (SSSR count). The number of aliphatic hydroxyl groups excluding tert-OH is 1. The lowest BCUT2D eigenvalue weighted by atomic mass is 10.2. The van der Waals surface area contributed by atoms with Crippen LogP contribution in [0.25, 0.3) is 0 Å². The second kappa shape index (κ2) is 7.45. The van der Waals surface area contributed by atoms with E-state index in [2.05, 4.69) is 0 Å². The summed E-state index contributed by atoms with van der Waals surface area (Å²) in [5.74, 6) is 0.339. The molecule has 1 aromatic rings. The van der Waals surface area contributed by atoms with Gasteiger partial charge in [0.2, 0.25) is 10.0 Å². The highest BCUT2D eigenvalue weighted by atomic mass is 35.5. The number of benzene rings is 1. The van der Waals surface area contributed by atoms with Crippen molar-refractivity contribution in [1.29, 1.82) is 0 Å². The van der Waals surface area contributed by atoms with Crippen molar-refractivity contribution in [2.24, 2.45) is 5.92 Å². The molecule has 0 unspecified atom stereocenters. The van der Waals surface area contributed by atoms with Crippen molar-refractivity contribution in [3.63, 3.8) is 0 Å². The van der Waals surface area contributed by atoms with Crippen LogP contribution in [-0.2, 0) is 16.6 Å². The van der Waals surface area contributed by atoms with Crippen LogP contribution in [0.4, 0.5) is 0 Å². The third-order valence-electron chi connectivity index (χ3n) is 3.01. The molecule has 7 heteroatoms. The van der Waals surface area contributed by atoms with E-state index in [0.29, 0.717) is 18.7 Å². The van der Waals surface area contributed by atoms with Crippen LogP contribution in [0.15, 0.2) is 17.0 Å². The monoisotopic (exact) mass is 335 g/mol. The normalized spacial score (nSPS) is 12.2. The van der Waals surface area contributed by atoms with Crippen molar-refractivity contribution >= 4 is 21.6 Å². The number of halogens is 1. The molecule has 0 aliphatic carbocycles. The summed E-state index contributed by atoms with van der Waals surface area (Å²) in [6.45, 7) is 6.10. The van der Waals surface area contributed by atoms with Gasteiger partial charge in [0.15, 0.2) is 0 Å². The molecule has 0 radical (unpaired) electrons. The molecule has 0 saturated carbocycles. The highest BCUT2D eigenvalue weighted by molar-refractivity contribution is 7.89. The van der Waals surface area contributed by atoms with Gasteiger partial charge in [-0.05, 0) is 18.1 Å². The highest BCUT2D eigenvalue weighted by Crippen LogP contribution is 2.33. The first-order valence-corrected chi connectivity index (χ1v) is 8.57. The van der Waals surface area contributed by atoms with E-state index in [1.54, 1.807) is 6.92 Å². The summed E-state index contributed by atoms with van der Waals surface area (Å²) in [4.78, 5) is -0.0101. The van der Waals surface area contributed by atoms with Crippen molar-refractivity contribution < 1.29 is 18.3 Å². The zero-order valence-electron chi connectivity index (χ0n) is 12.8. The fraction of sp³-hybridized carbons (Fsp3) is 0.571. The summed E-state index contributed by atoms with van der Waals surface area (Å²) in [7, 11) is -2.36. The minimum atomic E-state index is -3.73. The zero-order valence-corrected chi connectivity index (χ0v) is 14.3. The lowest BCUT2D eigenvalue weighted by Crippen LogP contribution is -2.34. The van der Waals surface area contributed by atoms with Crippen LogP contribution in [0.3, 0.4) is 0 Å². The van der Waals surface area contributed by atoms with E-state index in [-0.39, 0.29) is 28.2 Å². The Labute approximate surface area is 131 Å². The summed E-state index contributed by atoms with van der Waals surface area (Å²) in [6, 6.07) is 2.86. The number of hydrogen-bond acceptors (Lipinski definition) is 4. The van der Waals surface area contributed by atoms with Crippen LogP contribution >= 0.6 is 11.6 Å². The van der Waals surface area contributed by atoms with Crippen LogP contribution in [-0.4, -0.2) is 38.0 Å². The first-order chi connectivity index (χ1) is 9.77. The maximum atomic E-state index is 12.8. The van der Waals surface area contributed by atoms with E-state index in [0.717, 1.165) is 0 Å². The van der Waals surface area contributed by atoms with Gasteiger partial charge in [0, 0.05) is 23.7 Å². The van der Waals surface area contributed by atoms with Crippen molar-refractivity contribution in [3.8, 4) is 5.75 Å². The Morgan fingerprint density at radius 1 is 1.38 bits per heavy atom. The number of sulfonamides is 1. The first kappa shape index (κ1) is 18.2. The largest absolute Gasteiger partial charge is 0.495 e. The minimum Gasteiger partial charge on any atom is -0.495 e. The van der Waals surface area contributed by atoms with E-state index < -0.39 is 10.0 Å². The van der Waals surface area contributed by atoms with E-state index in [4.69, 9.17) is 16.3 Å². The standard InChI is InChI=1S/C14H22ClNO4S/c1-5-16(8-10(2)3)21(18,19)13-7-12(15)6-11(9-17)14(13)20-4/h6-7,10,17H,5,8-9H2,1-4H3. The Morgan fingerprint density at radius 3 is 2.43 bits per heavy atom. The Kier molecular flexibility index (Phi) is 6.46. The molecule has 0 saturated heterocycles. The van der Waals surface area contributed by atoms with Crippen LogP contribution < -0.4 is 4.74 Å². The molecule has 0 atom stereocenters. The summed E-state index contributed by atoms with van der Waals surface area (Å²) in [5.41, 5.74) is 0.351. The zero-order chi connectivity index (χ0) is 16.2. The van der Waals surface area contributed by atoms with Gasteiger partial charge in [-0.2, -0.15) is 4.31 Å². The maximum absolute atomic E-state index is 12.8. The summed E-state index contributed by atoms with van der Waals surface area (Å²) in [5, 5.41) is 9.61. The van der Waals surface area contributed by atoms with Gasteiger partial charge in [0.05, 0.1) is 13.7 Å². The van der Waals surface area contributed by atoms with Gasteiger partial charge in [-0.3, -0.25) is 0 Å². The second-order valence-corrected chi connectivity index (χ2v) is 7.45. The predicted molar refractivity (Wildman–Crippen MR) is 83.2 cm³/mol. The number of aliphatic hydroxyl groups is 1. The molecular formula is C14H22ClNO4S. The average Bonchev–Trinajstić information content (AvgIpc) is 2.43. The maximum Gasteiger partial charge on any atom is 0.246 e. The molecule has 1 aromatic carbocycles. The first-order valence-electron chi connectivity index (χ1n) is 6.75. The molecule has 0 fully saturated rings. The van der Waals surface area contributed by atoms with Gasteiger partial charge < -0.3 is 9.84 Å². The number of rotatable bonds is 7. The molecule has 0 amide bonds. The average molecular weight is 336 g/mol. The fourth-order valence-electron chi connectivity index (χ4n) is 2.11. The highest BCUT2D eigenvalue weighted by Gasteiger charge is 2.29. The second-order valence-electron chi connectivity index (χ2n) is 5.10. The summed E-state index contributed by atoms with van der Waals surface area (Å²) in [6.07, 6.45) is 0. The molecule has 5 nitrogen and oxygen atoms in total. The van der Waals surface area contributed by atoms with E-state index >= 15 is 0 Å². The summed E-state index contributed by atoms with van der Waals surface area (Å²) >= 11 is 5.97. The van der Waals surface area contributed by atoms with Gasteiger partial charge >= 0.3 is 0 Å². The smallest absolute Gasteiger partial charge is 0.246 e. The number of ether oxygens (including phenoxy) is 1. The number of methoxy groups -OCH3 is 1. The SMILES string of the molecule is CCN(CC(C)C)S(=O)(=O)c1cc(Cl)cc(CO)c1OC. The minimum absolute atomic E-state index is 0.0101.